The fourth-order valence-electron chi connectivity index (χ4n) is 4.44. The molecular formula is C27H33N3O5. The van der Waals surface area contributed by atoms with E-state index in [1.54, 1.807) is 25.3 Å². The minimum Gasteiger partial charge on any atom is -0.507 e. The number of benzene rings is 2. The van der Waals surface area contributed by atoms with Gasteiger partial charge >= 0.3 is 0 Å². The van der Waals surface area contributed by atoms with E-state index in [9.17, 15) is 9.90 Å². The summed E-state index contributed by atoms with van der Waals surface area (Å²) < 4.78 is 17.1. The van der Waals surface area contributed by atoms with Crippen molar-refractivity contribution in [1.82, 2.24) is 15.1 Å². The van der Waals surface area contributed by atoms with Gasteiger partial charge in [0.05, 0.1) is 19.3 Å². The molecule has 0 spiro atoms. The number of para-hydroxylation sites is 1. The monoisotopic (exact) mass is 479 g/mol. The number of carbonyl (C=O) groups excluding carboxylic acids is 1. The smallest absolute Gasteiger partial charge is 0.273 e. The van der Waals surface area contributed by atoms with Crippen LogP contribution in [0.4, 0.5) is 0 Å². The van der Waals surface area contributed by atoms with Crippen molar-refractivity contribution in [3.05, 3.63) is 59.3 Å². The van der Waals surface area contributed by atoms with Crippen LogP contribution in [0.3, 0.4) is 0 Å². The second-order valence-corrected chi connectivity index (χ2v) is 8.47. The van der Waals surface area contributed by atoms with Crippen LogP contribution in [0.15, 0.2) is 42.5 Å². The Morgan fingerprint density at radius 1 is 1.06 bits per heavy atom. The summed E-state index contributed by atoms with van der Waals surface area (Å²) in [5.41, 5.74) is 3.21. The Morgan fingerprint density at radius 3 is 2.63 bits per heavy atom. The SMILES string of the molecule is CCCCOc1ccc([C@@H]2c3c(-c4ccccc4O)n[nH]c3C(=O)N2CCCOC)cc1OCC. The van der Waals surface area contributed by atoms with Gasteiger partial charge in [0.25, 0.3) is 5.91 Å². The van der Waals surface area contributed by atoms with E-state index in [4.69, 9.17) is 14.2 Å². The summed E-state index contributed by atoms with van der Waals surface area (Å²) in [6.07, 6.45) is 2.69. The number of hydrogen-bond donors (Lipinski definition) is 2. The number of hydrogen-bond acceptors (Lipinski definition) is 6. The number of nitrogens with one attached hydrogen (secondary N) is 1. The minimum atomic E-state index is -0.397. The number of aromatic amines is 1. The Bertz CT molecular complexity index is 1160. The van der Waals surface area contributed by atoms with Crippen LogP contribution in [0, 0.1) is 0 Å². The van der Waals surface area contributed by atoms with Crippen molar-refractivity contribution in [1.29, 1.82) is 0 Å². The highest BCUT2D eigenvalue weighted by Crippen LogP contribution is 2.45. The number of nitrogens with zero attached hydrogens (tertiary/aromatic N) is 2. The molecule has 4 rings (SSSR count). The van der Waals surface area contributed by atoms with Crippen LogP contribution in [-0.4, -0.2) is 59.6 Å². The summed E-state index contributed by atoms with van der Waals surface area (Å²) >= 11 is 0. The second kappa shape index (κ2) is 11.3. The molecule has 0 radical (unpaired) electrons. The molecule has 1 atom stereocenters. The second-order valence-electron chi connectivity index (χ2n) is 8.47. The molecule has 186 valence electrons. The molecule has 1 aromatic heterocycles. The van der Waals surface area contributed by atoms with Crippen LogP contribution >= 0.6 is 0 Å². The van der Waals surface area contributed by atoms with Crippen LogP contribution in [-0.2, 0) is 4.74 Å². The molecule has 0 fully saturated rings. The molecule has 1 aliphatic rings. The summed E-state index contributed by atoms with van der Waals surface area (Å²) in [5.74, 6) is 1.32. The van der Waals surface area contributed by atoms with Gasteiger partial charge in [0, 0.05) is 31.4 Å². The van der Waals surface area contributed by atoms with Crippen LogP contribution < -0.4 is 9.47 Å². The standard InChI is InChI=1S/C27H33N3O5/c1-4-6-16-35-21-13-12-18(17-22(21)34-5-2)26-23-24(19-10-7-8-11-20(19)31)28-29-25(23)27(32)30(26)14-9-15-33-3/h7-8,10-13,17,26,31H,4-6,9,14-16H2,1-3H3,(H,28,29)/t26-/m1/s1. The Morgan fingerprint density at radius 2 is 1.89 bits per heavy atom. The highest BCUT2D eigenvalue weighted by molar-refractivity contribution is 6.00. The number of amides is 1. The zero-order chi connectivity index (χ0) is 24.8. The van der Waals surface area contributed by atoms with Crippen molar-refractivity contribution in [2.24, 2.45) is 0 Å². The molecular weight excluding hydrogens is 446 g/mol. The molecule has 0 saturated heterocycles. The first kappa shape index (κ1) is 24.6. The minimum absolute atomic E-state index is 0.112. The van der Waals surface area contributed by atoms with E-state index in [1.165, 1.54) is 0 Å². The van der Waals surface area contributed by atoms with Gasteiger partial charge in [-0.2, -0.15) is 5.10 Å². The van der Waals surface area contributed by atoms with Gasteiger partial charge in [-0.25, -0.2) is 0 Å². The lowest BCUT2D eigenvalue weighted by Gasteiger charge is -2.27. The van der Waals surface area contributed by atoms with E-state index >= 15 is 0 Å². The molecule has 0 saturated carbocycles. The van der Waals surface area contributed by atoms with Crippen molar-refractivity contribution in [3.63, 3.8) is 0 Å². The highest BCUT2D eigenvalue weighted by atomic mass is 16.5. The molecule has 8 nitrogen and oxygen atoms in total. The molecule has 0 unspecified atom stereocenters. The molecule has 2 aromatic carbocycles. The predicted molar refractivity (Wildman–Crippen MR) is 133 cm³/mol. The molecule has 8 heteroatoms. The lowest BCUT2D eigenvalue weighted by molar-refractivity contribution is 0.0723. The number of phenols is 1. The summed E-state index contributed by atoms with van der Waals surface area (Å²) in [4.78, 5) is 15.3. The fourth-order valence-corrected chi connectivity index (χ4v) is 4.44. The lowest BCUT2D eigenvalue weighted by Crippen LogP contribution is -2.31. The third-order valence-corrected chi connectivity index (χ3v) is 6.11. The average molecular weight is 480 g/mol. The number of rotatable bonds is 12. The molecule has 1 aliphatic heterocycles. The van der Waals surface area contributed by atoms with E-state index < -0.39 is 6.04 Å². The maximum absolute atomic E-state index is 13.5. The summed E-state index contributed by atoms with van der Waals surface area (Å²) in [7, 11) is 1.65. The molecule has 0 aliphatic carbocycles. The normalized spacial score (nSPS) is 14.9. The summed E-state index contributed by atoms with van der Waals surface area (Å²) in [6.45, 7) is 6.22. The maximum Gasteiger partial charge on any atom is 0.273 e. The molecule has 0 bridgehead atoms. The molecule has 1 amide bonds. The summed E-state index contributed by atoms with van der Waals surface area (Å²) in [5, 5.41) is 17.9. The first-order chi connectivity index (χ1) is 17.1. The van der Waals surface area contributed by atoms with Crippen molar-refractivity contribution in [3.8, 4) is 28.5 Å². The average Bonchev–Trinajstić information content (AvgIpc) is 3.40. The van der Waals surface area contributed by atoms with Gasteiger partial charge in [0.15, 0.2) is 11.5 Å². The van der Waals surface area contributed by atoms with Crippen LogP contribution in [0.5, 0.6) is 17.2 Å². The number of phenolic OH excluding ortho intramolecular Hbond substituents is 1. The van der Waals surface area contributed by atoms with Gasteiger partial charge in [-0.05, 0) is 49.6 Å². The number of methoxy groups -OCH3 is 1. The Balaban J connectivity index is 1.79. The highest BCUT2D eigenvalue weighted by Gasteiger charge is 2.42. The van der Waals surface area contributed by atoms with Gasteiger partial charge in [0.2, 0.25) is 0 Å². The molecule has 35 heavy (non-hydrogen) atoms. The number of ether oxygens (including phenoxy) is 3. The van der Waals surface area contributed by atoms with E-state index in [2.05, 4.69) is 17.1 Å². The zero-order valence-electron chi connectivity index (χ0n) is 20.5. The third kappa shape index (κ3) is 4.98. The van der Waals surface area contributed by atoms with Crippen LogP contribution in [0.2, 0.25) is 0 Å². The van der Waals surface area contributed by atoms with E-state index in [0.717, 1.165) is 24.0 Å². The number of unbranched alkanes of at least 4 members (excludes halogenated alkanes) is 1. The van der Waals surface area contributed by atoms with Crippen molar-refractivity contribution < 1.29 is 24.1 Å². The van der Waals surface area contributed by atoms with Crippen LogP contribution in [0.1, 0.15) is 60.8 Å². The topological polar surface area (TPSA) is 96.9 Å². The molecule has 2 heterocycles. The largest absolute Gasteiger partial charge is 0.507 e. The Labute approximate surface area is 205 Å². The van der Waals surface area contributed by atoms with Gasteiger partial charge in [-0.3, -0.25) is 9.89 Å². The number of aromatic hydroxyl groups is 1. The number of carbonyl (C=O) groups is 1. The van der Waals surface area contributed by atoms with E-state index in [0.29, 0.717) is 61.2 Å². The van der Waals surface area contributed by atoms with Crippen molar-refractivity contribution in [2.75, 3.05) is 33.5 Å². The van der Waals surface area contributed by atoms with E-state index in [-0.39, 0.29) is 11.7 Å². The third-order valence-electron chi connectivity index (χ3n) is 6.11. The number of aromatic nitrogens is 2. The number of H-pyrrole nitrogens is 1. The van der Waals surface area contributed by atoms with Gasteiger partial charge < -0.3 is 24.2 Å². The zero-order valence-corrected chi connectivity index (χ0v) is 20.5. The van der Waals surface area contributed by atoms with Gasteiger partial charge in [-0.1, -0.05) is 31.5 Å². The predicted octanol–water partition coefficient (Wildman–Crippen LogP) is 4.94. The van der Waals surface area contributed by atoms with Gasteiger partial charge in [-0.15, -0.1) is 0 Å². The summed E-state index contributed by atoms with van der Waals surface area (Å²) in [6, 6.07) is 12.5. The first-order valence-corrected chi connectivity index (χ1v) is 12.2. The number of fused-ring (bicyclic) bond motifs is 1. The van der Waals surface area contributed by atoms with Crippen LogP contribution in [0.25, 0.3) is 11.3 Å². The van der Waals surface area contributed by atoms with Crippen molar-refractivity contribution in [2.45, 2.75) is 39.2 Å². The maximum atomic E-state index is 13.5. The first-order valence-electron chi connectivity index (χ1n) is 12.2. The lowest BCUT2D eigenvalue weighted by atomic mass is 9.95. The molecule has 3 aromatic rings. The van der Waals surface area contributed by atoms with Crippen molar-refractivity contribution >= 4 is 5.91 Å². The Hall–Kier alpha value is -3.52. The quantitative estimate of drug-likeness (QED) is 0.357. The Kier molecular flexibility index (Phi) is 7.92. The fraction of sp³-hybridized carbons (Fsp3) is 0.407. The van der Waals surface area contributed by atoms with E-state index in [1.807, 2.05) is 36.1 Å². The van der Waals surface area contributed by atoms with Gasteiger partial charge in [0.1, 0.15) is 17.1 Å². The molecule has 2 N–H and O–H groups in total.